The Bertz CT molecular complexity index is 274. The van der Waals surface area contributed by atoms with Crippen molar-refractivity contribution in [2.45, 2.75) is 19.9 Å². The molecule has 3 nitrogen and oxygen atoms in total. The lowest BCUT2D eigenvalue weighted by atomic mass is 10.1. The van der Waals surface area contributed by atoms with Gasteiger partial charge in [0.05, 0.1) is 7.11 Å². The van der Waals surface area contributed by atoms with E-state index in [1.165, 1.54) is 11.1 Å². The van der Waals surface area contributed by atoms with Crippen LogP contribution in [0.4, 0.5) is 0 Å². The average Bonchev–Trinajstić information content (AvgIpc) is 2.18. The van der Waals surface area contributed by atoms with E-state index in [1.54, 1.807) is 7.11 Å². The summed E-state index contributed by atoms with van der Waals surface area (Å²) in [6.07, 6.45) is 0.974. The van der Waals surface area contributed by atoms with Crippen molar-refractivity contribution < 1.29 is 4.74 Å². The Labute approximate surface area is 78.9 Å². The minimum absolute atomic E-state index is 0.691. The van der Waals surface area contributed by atoms with Crippen LogP contribution in [0, 0.1) is 0 Å². The number of nitrogens with one attached hydrogen (secondary N) is 1. The monoisotopic (exact) mass is 180 g/mol. The number of benzene rings is 1. The van der Waals surface area contributed by atoms with E-state index < -0.39 is 0 Å². The first-order valence-corrected chi connectivity index (χ1v) is 4.41. The fourth-order valence-corrected chi connectivity index (χ4v) is 1.34. The van der Waals surface area contributed by atoms with Crippen LogP contribution in [0.25, 0.3) is 0 Å². The smallest absolute Gasteiger partial charge is 0.122 e. The Balaban J connectivity index is 2.91. The summed E-state index contributed by atoms with van der Waals surface area (Å²) < 4.78 is 5.22. The van der Waals surface area contributed by atoms with Crippen LogP contribution < -0.4 is 16.0 Å². The third kappa shape index (κ3) is 2.44. The van der Waals surface area contributed by atoms with E-state index in [0.717, 1.165) is 12.2 Å². The lowest BCUT2D eigenvalue weighted by Gasteiger charge is -2.08. The first kappa shape index (κ1) is 10.0. The van der Waals surface area contributed by atoms with E-state index in [-0.39, 0.29) is 0 Å². The highest BCUT2D eigenvalue weighted by molar-refractivity contribution is 5.37. The van der Waals surface area contributed by atoms with Gasteiger partial charge in [-0.1, -0.05) is 19.1 Å². The van der Waals surface area contributed by atoms with E-state index in [9.17, 15) is 0 Å². The normalized spacial score (nSPS) is 10.1. The number of hydrogen-bond donors (Lipinski definition) is 2. The molecule has 0 aromatic heterocycles. The molecule has 0 aliphatic carbocycles. The van der Waals surface area contributed by atoms with E-state index >= 15 is 0 Å². The molecule has 0 heterocycles. The molecule has 0 aliphatic heterocycles. The van der Waals surface area contributed by atoms with Gasteiger partial charge >= 0.3 is 0 Å². The van der Waals surface area contributed by atoms with Gasteiger partial charge < -0.3 is 4.74 Å². The second kappa shape index (κ2) is 4.84. The van der Waals surface area contributed by atoms with Gasteiger partial charge in [-0.15, -0.1) is 0 Å². The first-order valence-electron chi connectivity index (χ1n) is 4.41. The molecular formula is C10H16N2O. The molecule has 0 unspecified atom stereocenters. The fraction of sp³-hybridized carbons (Fsp3) is 0.400. The molecule has 3 heteroatoms. The second-order valence-corrected chi connectivity index (χ2v) is 2.88. The van der Waals surface area contributed by atoms with E-state index in [4.69, 9.17) is 10.6 Å². The van der Waals surface area contributed by atoms with Crippen LogP contribution >= 0.6 is 0 Å². The topological polar surface area (TPSA) is 47.3 Å². The number of ether oxygens (including phenoxy) is 1. The third-order valence-corrected chi connectivity index (χ3v) is 2.03. The maximum atomic E-state index is 5.24. The molecule has 1 rings (SSSR count). The van der Waals surface area contributed by atoms with Gasteiger partial charge in [0.25, 0.3) is 0 Å². The van der Waals surface area contributed by atoms with Gasteiger partial charge in [0.15, 0.2) is 0 Å². The lowest BCUT2D eigenvalue weighted by molar-refractivity contribution is 0.410. The zero-order valence-electron chi connectivity index (χ0n) is 8.13. The van der Waals surface area contributed by atoms with Crippen LogP contribution in [0.2, 0.25) is 0 Å². The maximum Gasteiger partial charge on any atom is 0.122 e. The summed E-state index contributed by atoms with van der Waals surface area (Å²) in [6, 6.07) is 6.10. The number of aryl methyl sites for hydroxylation is 1. The molecule has 0 aliphatic rings. The van der Waals surface area contributed by atoms with Crippen molar-refractivity contribution >= 4 is 0 Å². The number of methoxy groups -OCH3 is 1. The number of hydrazine groups is 1. The standard InChI is InChI=1S/C10H16N2O/c1-3-9-6-8(7-12-11)4-5-10(9)13-2/h4-6,12H,3,7,11H2,1-2H3. The van der Waals surface area contributed by atoms with E-state index in [0.29, 0.717) is 6.54 Å². The predicted molar refractivity (Wildman–Crippen MR) is 53.4 cm³/mol. The average molecular weight is 180 g/mol. The Kier molecular flexibility index (Phi) is 3.73. The van der Waals surface area contributed by atoms with Gasteiger partial charge in [-0.2, -0.15) is 0 Å². The summed E-state index contributed by atoms with van der Waals surface area (Å²) in [5.74, 6) is 6.19. The molecule has 3 N–H and O–H groups in total. The fourth-order valence-electron chi connectivity index (χ4n) is 1.34. The molecule has 0 saturated carbocycles. The Morgan fingerprint density at radius 2 is 2.23 bits per heavy atom. The van der Waals surface area contributed by atoms with Gasteiger partial charge in [0.1, 0.15) is 5.75 Å². The van der Waals surface area contributed by atoms with Gasteiger partial charge in [-0.25, -0.2) is 0 Å². The van der Waals surface area contributed by atoms with Crippen LogP contribution in [0.5, 0.6) is 5.75 Å². The SMILES string of the molecule is CCc1cc(CNN)ccc1OC. The van der Waals surface area contributed by atoms with Gasteiger partial charge in [-0.05, 0) is 23.6 Å². The van der Waals surface area contributed by atoms with Gasteiger partial charge in [-0.3, -0.25) is 11.3 Å². The van der Waals surface area contributed by atoms with Crippen molar-refractivity contribution in [2.75, 3.05) is 7.11 Å². The molecule has 0 spiro atoms. The minimum atomic E-state index is 0.691. The summed E-state index contributed by atoms with van der Waals surface area (Å²) >= 11 is 0. The summed E-state index contributed by atoms with van der Waals surface area (Å²) in [4.78, 5) is 0. The van der Waals surface area contributed by atoms with Crippen LogP contribution in [-0.2, 0) is 13.0 Å². The molecule has 0 fully saturated rings. The highest BCUT2D eigenvalue weighted by atomic mass is 16.5. The predicted octanol–water partition coefficient (Wildman–Crippen LogP) is 1.22. The van der Waals surface area contributed by atoms with Crippen molar-refractivity contribution in [3.63, 3.8) is 0 Å². The van der Waals surface area contributed by atoms with E-state index in [1.807, 2.05) is 12.1 Å². The molecule has 1 aromatic rings. The zero-order chi connectivity index (χ0) is 9.68. The third-order valence-electron chi connectivity index (χ3n) is 2.03. The van der Waals surface area contributed by atoms with Crippen LogP contribution in [0.15, 0.2) is 18.2 Å². The van der Waals surface area contributed by atoms with Crippen LogP contribution in [0.3, 0.4) is 0 Å². The Hall–Kier alpha value is -1.06. The summed E-state index contributed by atoms with van der Waals surface area (Å²) in [5.41, 5.74) is 5.03. The largest absolute Gasteiger partial charge is 0.496 e. The molecule has 1 aromatic carbocycles. The van der Waals surface area contributed by atoms with Crippen molar-refractivity contribution in [3.8, 4) is 5.75 Å². The summed E-state index contributed by atoms with van der Waals surface area (Å²) in [6.45, 7) is 2.80. The van der Waals surface area contributed by atoms with Crippen molar-refractivity contribution in [2.24, 2.45) is 5.84 Å². The van der Waals surface area contributed by atoms with Gasteiger partial charge in [0, 0.05) is 6.54 Å². The molecule has 0 amide bonds. The first-order chi connectivity index (χ1) is 6.31. The lowest BCUT2D eigenvalue weighted by Crippen LogP contribution is -2.20. The molecule has 72 valence electrons. The van der Waals surface area contributed by atoms with Crippen LogP contribution in [-0.4, -0.2) is 7.11 Å². The van der Waals surface area contributed by atoms with Crippen molar-refractivity contribution in [3.05, 3.63) is 29.3 Å². The van der Waals surface area contributed by atoms with Crippen molar-refractivity contribution in [1.29, 1.82) is 0 Å². The summed E-state index contributed by atoms with van der Waals surface area (Å²) in [5, 5.41) is 0. The number of rotatable bonds is 4. The minimum Gasteiger partial charge on any atom is -0.496 e. The van der Waals surface area contributed by atoms with Crippen molar-refractivity contribution in [1.82, 2.24) is 5.43 Å². The molecular weight excluding hydrogens is 164 g/mol. The zero-order valence-corrected chi connectivity index (χ0v) is 8.13. The molecule has 0 atom stereocenters. The number of nitrogens with two attached hydrogens (primary N) is 1. The molecule has 13 heavy (non-hydrogen) atoms. The highest BCUT2D eigenvalue weighted by Crippen LogP contribution is 2.19. The summed E-state index contributed by atoms with van der Waals surface area (Å²) in [7, 11) is 1.69. The van der Waals surface area contributed by atoms with Crippen LogP contribution in [0.1, 0.15) is 18.1 Å². The molecule has 0 saturated heterocycles. The second-order valence-electron chi connectivity index (χ2n) is 2.88. The Morgan fingerprint density at radius 3 is 2.77 bits per heavy atom. The van der Waals surface area contributed by atoms with Gasteiger partial charge in [0.2, 0.25) is 0 Å². The maximum absolute atomic E-state index is 5.24. The number of hydrogen-bond acceptors (Lipinski definition) is 3. The molecule has 0 radical (unpaired) electrons. The van der Waals surface area contributed by atoms with E-state index in [2.05, 4.69) is 18.4 Å². The Morgan fingerprint density at radius 1 is 1.46 bits per heavy atom. The quantitative estimate of drug-likeness (QED) is 0.541. The highest BCUT2D eigenvalue weighted by Gasteiger charge is 2.01. The molecule has 0 bridgehead atoms.